The molecule has 0 heterocycles. The molecule has 0 fully saturated rings. The summed E-state index contributed by atoms with van der Waals surface area (Å²) in [6, 6.07) is 16.1. The van der Waals surface area contributed by atoms with Crippen LogP contribution >= 0.6 is 0 Å². The molecule has 0 bridgehead atoms. The monoisotopic (exact) mass is 575 g/mol. The summed E-state index contributed by atoms with van der Waals surface area (Å²) in [7, 11) is 0. The van der Waals surface area contributed by atoms with Gasteiger partial charge in [0, 0.05) is 17.3 Å². The standard InChI is InChI=1S/C34H45N3O5/c1-9-21(3)28(36-33(41)42-34(6,7)8)32(40)37(23(5)10-2)29(27-17-13-14-22(4)30(27)38)31(39)35-26-19-18-24-15-11-12-16-25(24)20-26/h11-21,23,28-29,38H,9-10H2,1-8H3,(H,35,39)(H,36,41). The number of para-hydroxylation sites is 1. The highest BCUT2D eigenvalue weighted by atomic mass is 16.6. The quantitative estimate of drug-likeness (QED) is 0.239. The van der Waals surface area contributed by atoms with E-state index >= 15 is 0 Å². The predicted octanol–water partition coefficient (Wildman–Crippen LogP) is 7.10. The van der Waals surface area contributed by atoms with Crippen molar-refractivity contribution >= 4 is 34.4 Å². The number of phenolic OH excluding ortho intramolecular Hbond substituents is 1. The topological polar surface area (TPSA) is 108 Å². The SMILES string of the molecule is CCC(C)C(NC(=O)OC(C)(C)C)C(=O)N(C(C)CC)C(C(=O)Nc1ccc2ccccc2c1)c1cccc(C)c1O. The second kappa shape index (κ2) is 13.7. The number of phenols is 1. The van der Waals surface area contributed by atoms with E-state index in [1.165, 1.54) is 4.90 Å². The molecule has 226 valence electrons. The lowest BCUT2D eigenvalue weighted by Crippen LogP contribution is -2.56. The highest BCUT2D eigenvalue weighted by Gasteiger charge is 2.41. The van der Waals surface area contributed by atoms with E-state index in [-0.39, 0.29) is 11.7 Å². The van der Waals surface area contributed by atoms with E-state index in [2.05, 4.69) is 10.6 Å². The zero-order valence-corrected chi connectivity index (χ0v) is 26.0. The van der Waals surface area contributed by atoms with Crippen LogP contribution in [0.5, 0.6) is 5.75 Å². The molecule has 8 nitrogen and oxygen atoms in total. The highest BCUT2D eigenvalue weighted by Crippen LogP contribution is 2.35. The molecule has 0 aliphatic heterocycles. The average Bonchev–Trinajstić information content (AvgIpc) is 2.94. The number of carbonyl (C=O) groups is 3. The lowest BCUT2D eigenvalue weighted by atomic mass is 9.93. The maximum Gasteiger partial charge on any atom is 0.408 e. The molecule has 3 rings (SSSR count). The maximum absolute atomic E-state index is 14.5. The molecule has 0 aromatic heterocycles. The fourth-order valence-electron chi connectivity index (χ4n) is 4.87. The normalized spacial score (nSPS) is 14.4. The van der Waals surface area contributed by atoms with Gasteiger partial charge in [0.2, 0.25) is 5.91 Å². The second-order valence-corrected chi connectivity index (χ2v) is 12.0. The van der Waals surface area contributed by atoms with Crippen LogP contribution in [0.25, 0.3) is 10.8 Å². The fraction of sp³-hybridized carbons (Fsp3) is 0.441. The molecule has 0 radical (unpaired) electrons. The lowest BCUT2D eigenvalue weighted by Gasteiger charge is -2.39. The van der Waals surface area contributed by atoms with E-state index in [0.717, 1.165) is 10.8 Å². The zero-order chi connectivity index (χ0) is 31.2. The number of benzene rings is 3. The number of rotatable bonds is 10. The van der Waals surface area contributed by atoms with Gasteiger partial charge >= 0.3 is 6.09 Å². The van der Waals surface area contributed by atoms with Gasteiger partial charge in [0.25, 0.3) is 5.91 Å². The van der Waals surface area contributed by atoms with Crippen LogP contribution in [-0.4, -0.2) is 45.6 Å². The summed E-state index contributed by atoms with van der Waals surface area (Å²) < 4.78 is 5.48. The van der Waals surface area contributed by atoms with Crippen molar-refractivity contribution in [1.82, 2.24) is 10.2 Å². The Morgan fingerprint density at radius 3 is 2.21 bits per heavy atom. The third kappa shape index (κ3) is 7.81. The van der Waals surface area contributed by atoms with E-state index in [9.17, 15) is 19.5 Å². The molecule has 3 amide bonds. The summed E-state index contributed by atoms with van der Waals surface area (Å²) >= 11 is 0. The van der Waals surface area contributed by atoms with Gasteiger partial charge < -0.3 is 25.4 Å². The number of nitrogens with zero attached hydrogens (tertiary/aromatic N) is 1. The number of hydrogen-bond acceptors (Lipinski definition) is 5. The van der Waals surface area contributed by atoms with E-state index in [4.69, 9.17) is 4.74 Å². The third-order valence-electron chi connectivity index (χ3n) is 7.58. The fourth-order valence-corrected chi connectivity index (χ4v) is 4.87. The Hall–Kier alpha value is -4.07. The molecular formula is C34H45N3O5. The van der Waals surface area contributed by atoms with E-state index < -0.39 is 41.6 Å². The van der Waals surface area contributed by atoms with Crippen molar-refractivity contribution in [3.8, 4) is 5.75 Å². The molecule has 8 heteroatoms. The second-order valence-electron chi connectivity index (χ2n) is 12.0. The number of anilines is 1. The molecule has 3 N–H and O–H groups in total. The van der Waals surface area contributed by atoms with Gasteiger partial charge in [-0.1, -0.05) is 75.7 Å². The van der Waals surface area contributed by atoms with Gasteiger partial charge in [0.05, 0.1) is 0 Å². The number of amides is 3. The van der Waals surface area contributed by atoms with E-state index in [1.54, 1.807) is 45.9 Å². The molecule has 0 saturated heterocycles. The number of fused-ring (bicyclic) bond motifs is 1. The Morgan fingerprint density at radius 2 is 1.60 bits per heavy atom. The molecular weight excluding hydrogens is 530 g/mol. The van der Waals surface area contributed by atoms with Crippen molar-refractivity contribution in [2.24, 2.45) is 5.92 Å². The first-order valence-corrected chi connectivity index (χ1v) is 14.7. The summed E-state index contributed by atoms with van der Waals surface area (Å²) in [4.78, 5) is 43.1. The number of hydrogen-bond donors (Lipinski definition) is 3. The van der Waals surface area contributed by atoms with Crippen molar-refractivity contribution in [3.05, 3.63) is 71.8 Å². The maximum atomic E-state index is 14.5. The molecule has 4 atom stereocenters. The highest BCUT2D eigenvalue weighted by molar-refractivity contribution is 6.01. The number of ether oxygens (including phenoxy) is 1. The van der Waals surface area contributed by atoms with Crippen molar-refractivity contribution < 1.29 is 24.2 Å². The minimum atomic E-state index is -1.18. The minimum Gasteiger partial charge on any atom is -0.507 e. The molecule has 3 aromatic rings. The summed E-state index contributed by atoms with van der Waals surface area (Å²) in [5.41, 5.74) is 0.705. The summed E-state index contributed by atoms with van der Waals surface area (Å²) in [6.45, 7) is 14.6. The molecule has 0 aliphatic rings. The Labute approximate surface area is 249 Å². The summed E-state index contributed by atoms with van der Waals surface area (Å²) in [5.74, 6) is -1.21. The molecule has 42 heavy (non-hydrogen) atoms. The van der Waals surface area contributed by atoms with Gasteiger partial charge in [-0.15, -0.1) is 0 Å². The molecule has 0 saturated carbocycles. The van der Waals surface area contributed by atoms with Crippen LogP contribution in [0.15, 0.2) is 60.7 Å². The smallest absolute Gasteiger partial charge is 0.408 e. The van der Waals surface area contributed by atoms with E-state index in [0.29, 0.717) is 29.7 Å². The largest absolute Gasteiger partial charge is 0.507 e. The number of alkyl carbamates (subject to hydrolysis) is 1. The molecule has 3 aromatic carbocycles. The van der Waals surface area contributed by atoms with Gasteiger partial charge in [-0.2, -0.15) is 0 Å². The van der Waals surface area contributed by atoms with Crippen LogP contribution in [0.1, 0.15) is 78.5 Å². The Morgan fingerprint density at radius 1 is 0.929 bits per heavy atom. The van der Waals surface area contributed by atoms with Gasteiger partial charge in [-0.05, 0) is 75.4 Å². The van der Waals surface area contributed by atoms with Crippen LogP contribution in [-0.2, 0) is 14.3 Å². The van der Waals surface area contributed by atoms with Crippen LogP contribution < -0.4 is 10.6 Å². The zero-order valence-electron chi connectivity index (χ0n) is 26.0. The first-order valence-electron chi connectivity index (χ1n) is 14.7. The van der Waals surface area contributed by atoms with Crippen LogP contribution in [0.2, 0.25) is 0 Å². The van der Waals surface area contributed by atoms with E-state index in [1.807, 2.05) is 70.2 Å². The van der Waals surface area contributed by atoms with Crippen molar-refractivity contribution in [3.63, 3.8) is 0 Å². The van der Waals surface area contributed by atoms with Crippen LogP contribution in [0.3, 0.4) is 0 Å². The van der Waals surface area contributed by atoms with Crippen LogP contribution in [0.4, 0.5) is 10.5 Å². The number of carbonyl (C=O) groups excluding carboxylic acids is 3. The Balaban J connectivity index is 2.11. The Bertz CT molecular complexity index is 1410. The average molecular weight is 576 g/mol. The Kier molecular flexibility index (Phi) is 10.6. The van der Waals surface area contributed by atoms with Crippen molar-refractivity contribution in [1.29, 1.82) is 0 Å². The summed E-state index contributed by atoms with van der Waals surface area (Å²) in [5, 5.41) is 18.9. The first kappa shape index (κ1) is 32.4. The van der Waals surface area contributed by atoms with Crippen LogP contribution in [0, 0.1) is 12.8 Å². The molecule has 0 spiro atoms. The number of aryl methyl sites for hydroxylation is 1. The van der Waals surface area contributed by atoms with Gasteiger partial charge in [0.15, 0.2) is 0 Å². The molecule has 0 aliphatic carbocycles. The number of nitrogens with one attached hydrogen (secondary N) is 2. The van der Waals surface area contributed by atoms with Gasteiger partial charge in [-0.25, -0.2) is 4.79 Å². The molecule has 4 unspecified atom stereocenters. The van der Waals surface area contributed by atoms with Crippen molar-refractivity contribution in [2.75, 3.05) is 5.32 Å². The van der Waals surface area contributed by atoms with Crippen molar-refractivity contribution in [2.45, 2.75) is 92.0 Å². The first-order chi connectivity index (χ1) is 19.8. The predicted molar refractivity (Wildman–Crippen MR) is 167 cm³/mol. The minimum absolute atomic E-state index is 0.0579. The third-order valence-corrected chi connectivity index (χ3v) is 7.58. The van der Waals surface area contributed by atoms with Gasteiger partial charge in [0.1, 0.15) is 23.4 Å². The summed E-state index contributed by atoms with van der Waals surface area (Å²) in [6.07, 6.45) is 0.433. The number of aromatic hydroxyl groups is 1. The lowest BCUT2D eigenvalue weighted by molar-refractivity contribution is -0.144. The van der Waals surface area contributed by atoms with Gasteiger partial charge in [-0.3, -0.25) is 9.59 Å².